The molecule has 2 N–H and O–H groups in total. The highest BCUT2D eigenvalue weighted by Crippen LogP contribution is 2.34. The van der Waals surface area contributed by atoms with Gasteiger partial charge < -0.3 is 19.6 Å². The first-order valence-electron chi connectivity index (χ1n) is 12.6. The average molecular weight is 518 g/mol. The number of fused-ring (bicyclic) bond motifs is 1. The monoisotopic (exact) mass is 517 g/mol. The molecule has 0 unspecified atom stereocenters. The van der Waals surface area contributed by atoms with Gasteiger partial charge in [0.15, 0.2) is 17.4 Å². The van der Waals surface area contributed by atoms with E-state index in [4.69, 9.17) is 19.6 Å². The van der Waals surface area contributed by atoms with Gasteiger partial charge in [-0.1, -0.05) is 42.5 Å². The van der Waals surface area contributed by atoms with Gasteiger partial charge in [0, 0.05) is 29.8 Å². The van der Waals surface area contributed by atoms with Crippen LogP contribution < -0.4 is 15.2 Å². The second-order valence-corrected chi connectivity index (χ2v) is 8.97. The maximum absolute atomic E-state index is 13.4. The van der Waals surface area contributed by atoms with Gasteiger partial charge in [-0.05, 0) is 42.8 Å². The zero-order valence-corrected chi connectivity index (χ0v) is 21.7. The smallest absolute Gasteiger partial charge is 0.198 e. The van der Waals surface area contributed by atoms with E-state index in [0.29, 0.717) is 54.5 Å². The van der Waals surface area contributed by atoms with Gasteiger partial charge in [-0.25, -0.2) is 9.37 Å². The number of alkyl halides is 1. The summed E-state index contributed by atoms with van der Waals surface area (Å²) in [6.45, 7) is -0.371. The second kappa shape index (κ2) is 12.9. The van der Waals surface area contributed by atoms with Crippen molar-refractivity contribution in [2.24, 2.45) is 10.7 Å². The Kier molecular flexibility index (Phi) is 9.08. The predicted molar refractivity (Wildman–Crippen MR) is 147 cm³/mol. The number of rotatable bonds is 13. The van der Waals surface area contributed by atoms with Crippen LogP contribution in [0.3, 0.4) is 0 Å². The Bertz CT molecular complexity index is 1400. The number of carbonyl (C=O) groups excluding carboxylic acids is 1. The van der Waals surface area contributed by atoms with Crippen LogP contribution in [0.15, 0.2) is 76.3 Å². The van der Waals surface area contributed by atoms with Crippen molar-refractivity contribution in [3.05, 3.63) is 78.3 Å². The first-order chi connectivity index (χ1) is 18.5. The number of carbonyl (C=O) groups is 1. The molecule has 38 heavy (non-hydrogen) atoms. The number of hydrogen-bond acceptors (Lipinski definition) is 6. The predicted octanol–water partition coefficient (Wildman–Crippen LogP) is 6.37. The summed E-state index contributed by atoms with van der Waals surface area (Å²) in [5.74, 6) is 2.28. The minimum Gasteiger partial charge on any atom is -0.496 e. The number of ketones is 1. The van der Waals surface area contributed by atoms with Crippen molar-refractivity contribution in [3.63, 3.8) is 0 Å². The van der Waals surface area contributed by atoms with Gasteiger partial charge in [0.25, 0.3) is 0 Å². The van der Waals surface area contributed by atoms with Crippen LogP contribution >= 0.6 is 0 Å². The molecular weight excluding hydrogens is 485 g/mol. The lowest BCUT2D eigenvalue weighted by molar-refractivity contribution is 0.0973. The lowest BCUT2D eigenvalue weighted by Crippen LogP contribution is -2.14. The molecule has 4 aromatic rings. The van der Waals surface area contributed by atoms with Crippen LogP contribution in [0.5, 0.6) is 11.5 Å². The van der Waals surface area contributed by atoms with Gasteiger partial charge in [0.05, 0.1) is 26.0 Å². The Morgan fingerprint density at radius 1 is 1.05 bits per heavy atom. The van der Waals surface area contributed by atoms with Crippen molar-refractivity contribution >= 4 is 22.4 Å². The largest absolute Gasteiger partial charge is 0.496 e. The van der Waals surface area contributed by atoms with E-state index in [1.54, 1.807) is 20.4 Å². The van der Waals surface area contributed by atoms with Gasteiger partial charge in [-0.2, -0.15) is 0 Å². The number of amidine groups is 1. The van der Waals surface area contributed by atoms with E-state index in [2.05, 4.69) is 9.98 Å². The first kappa shape index (κ1) is 26.9. The summed E-state index contributed by atoms with van der Waals surface area (Å²) in [6.07, 6.45) is 3.82. The fraction of sp³-hybridized carbons (Fsp3) is 0.300. The van der Waals surface area contributed by atoms with Crippen LogP contribution in [0.4, 0.5) is 4.39 Å². The molecule has 8 heteroatoms. The molecule has 0 spiro atoms. The SMILES string of the molecule is COc1cc2c(OC)cccc2cc1C(=O)CC[C@@H](CCCN=C(N)CF)c1ncc(-c2ccccc2)o1. The third-order valence-corrected chi connectivity index (χ3v) is 6.49. The lowest BCUT2D eigenvalue weighted by Gasteiger charge is -2.15. The number of nitrogens with zero attached hydrogens (tertiary/aromatic N) is 2. The number of nitrogens with two attached hydrogens (primary N) is 1. The number of hydrogen-bond donors (Lipinski definition) is 1. The molecule has 0 aliphatic heterocycles. The van der Waals surface area contributed by atoms with Crippen molar-refractivity contribution in [1.82, 2.24) is 4.98 Å². The number of benzene rings is 3. The summed E-state index contributed by atoms with van der Waals surface area (Å²) in [7, 11) is 3.17. The van der Waals surface area contributed by atoms with E-state index in [0.717, 1.165) is 16.3 Å². The third-order valence-electron chi connectivity index (χ3n) is 6.49. The Morgan fingerprint density at radius 3 is 2.58 bits per heavy atom. The highest BCUT2D eigenvalue weighted by molar-refractivity contribution is 6.04. The Hall–Kier alpha value is -4.20. The van der Waals surface area contributed by atoms with Crippen molar-refractivity contribution in [3.8, 4) is 22.8 Å². The topological polar surface area (TPSA) is 99.9 Å². The summed E-state index contributed by atoms with van der Waals surface area (Å²) in [5.41, 5.74) is 6.94. The molecule has 0 amide bonds. The van der Waals surface area contributed by atoms with Crippen LogP contribution in [0.1, 0.15) is 47.8 Å². The number of Topliss-reactive ketones (excluding diaryl/α,β-unsaturated/α-hetero) is 1. The Balaban J connectivity index is 1.54. The van der Waals surface area contributed by atoms with Crippen molar-refractivity contribution in [2.75, 3.05) is 27.4 Å². The Morgan fingerprint density at radius 2 is 1.84 bits per heavy atom. The van der Waals surface area contributed by atoms with Gasteiger partial charge in [-0.3, -0.25) is 9.79 Å². The zero-order valence-electron chi connectivity index (χ0n) is 21.7. The molecule has 0 aliphatic rings. The minimum atomic E-state index is -0.766. The van der Waals surface area contributed by atoms with Gasteiger partial charge in [0.1, 0.15) is 24.0 Å². The number of oxazole rings is 1. The summed E-state index contributed by atoms with van der Waals surface area (Å²) >= 11 is 0. The standard InChI is InChI=1S/C30H32FN3O4/c1-36-26-12-6-10-22-16-24(27(37-2)17-23(22)26)25(35)14-13-21(11-7-15-33-29(32)18-31)30-34-19-28(38-30)20-8-4-3-5-9-20/h3-6,8-10,12,16-17,19,21H,7,11,13-15,18H2,1-2H3,(H2,32,33)/t21-/m1/s1. The number of halogens is 1. The number of ether oxygens (including phenoxy) is 2. The van der Waals surface area contributed by atoms with E-state index in [1.807, 2.05) is 60.7 Å². The quantitative estimate of drug-likeness (QED) is 0.0958. The van der Waals surface area contributed by atoms with Crippen molar-refractivity contribution < 1.29 is 23.1 Å². The molecule has 0 radical (unpaired) electrons. The van der Waals surface area contributed by atoms with Crippen LogP contribution in [-0.2, 0) is 0 Å². The maximum atomic E-state index is 13.4. The molecule has 1 aromatic heterocycles. The summed E-state index contributed by atoms with van der Waals surface area (Å²) < 4.78 is 29.8. The molecule has 198 valence electrons. The molecule has 7 nitrogen and oxygen atoms in total. The highest BCUT2D eigenvalue weighted by Gasteiger charge is 2.22. The van der Waals surface area contributed by atoms with Crippen molar-refractivity contribution in [2.45, 2.75) is 31.6 Å². The molecule has 0 saturated carbocycles. The minimum absolute atomic E-state index is 0.0146. The molecule has 1 heterocycles. The van der Waals surface area contributed by atoms with Gasteiger partial charge >= 0.3 is 0 Å². The highest BCUT2D eigenvalue weighted by atomic mass is 19.1. The molecule has 0 saturated heterocycles. The summed E-state index contributed by atoms with van der Waals surface area (Å²) in [4.78, 5) is 22.0. The second-order valence-electron chi connectivity index (χ2n) is 8.97. The first-order valence-corrected chi connectivity index (χ1v) is 12.6. The van der Waals surface area contributed by atoms with E-state index in [-0.39, 0.29) is 24.0 Å². The average Bonchev–Trinajstić information content (AvgIpc) is 3.46. The fourth-order valence-corrected chi connectivity index (χ4v) is 4.49. The van der Waals surface area contributed by atoms with E-state index in [1.165, 1.54) is 0 Å². The maximum Gasteiger partial charge on any atom is 0.198 e. The van der Waals surface area contributed by atoms with E-state index >= 15 is 0 Å². The molecule has 0 bridgehead atoms. The molecule has 4 rings (SSSR count). The lowest BCUT2D eigenvalue weighted by atomic mass is 9.93. The number of aliphatic imine (C=N–C) groups is 1. The van der Waals surface area contributed by atoms with Crippen LogP contribution in [0, 0.1) is 0 Å². The van der Waals surface area contributed by atoms with Gasteiger partial charge in [-0.15, -0.1) is 0 Å². The third kappa shape index (κ3) is 6.37. The van der Waals surface area contributed by atoms with E-state index < -0.39 is 6.67 Å². The molecule has 0 aliphatic carbocycles. The van der Waals surface area contributed by atoms with Crippen LogP contribution in [-0.4, -0.2) is 44.0 Å². The van der Waals surface area contributed by atoms with Gasteiger partial charge in [0.2, 0.25) is 0 Å². The molecule has 0 fully saturated rings. The fourth-order valence-electron chi connectivity index (χ4n) is 4.49. The summed E-state index contributed by atoms with van der Waals surface area (Å²) in [5, 5.41) is 1.77. The molecule has 1 atom stereocenters. The summed E-state index contributed by atoms with van der Waals surface area (Å²) in [6, 6.07) is 19.1. The number of aromatic nitrogens is 1. The van der Waals surface area contributed by atoms with Crippen LogP contribution in [0.25, 0.3) is 22.1 Å². The number of methoxy groups -OCH3 is 2. The normalized spacial score (nSPS) is 12.4. The molecular formula is C30H32FN3O4. The Labute approximate surface area is 221 Å². The van der Waals surface area contributed by atoms with Crippen LogP contribution in [0.2, 0.25) is 0 Å². The zero-order chi connectivity index (χ0) is 26.9. The van der Waals surface area contributed by atoms with Crippen molar-refractivity contribution in [1.29, 1.82) is 0 Å². The van der Waals surface area contributed by atoms with E-state index in [9.17, 15) is 9.18 Å². The molecule has 3 aromatic carbocycles.